The molecule has 1 aliphatic carbocycles. The van der Waals surface area contributed by atoms with Gasteiger partial charge in [-0.15, -0.1) is 5.10 Å². The van der Waals surface area contributed by atoms with Gasteiger partial charge in [0.2, 0.25) is 11.1 Å². The van der Waals surface area contributed by atoms with Crippen LogP contribution in [0.2, 0.25) is 0 Å². The molecule has 10 heteroatoms. The SMILES string of the molecule is CCOC(=O)c1sc(N(Cc2ccccc2)C(=O)CSc2n[nH]c(CC3CCCC3)n2)nc1C. The van der Waals surface area contributed by atoms with E-state index in [4.69, 9.17) is 4.74 Å². The number of aromatic nitrogens is 4. The number of nitrogens with zero attached hydrogens (tertiary/aromatic N) is 4. The lowest BCUT2D eigenvalue weighted by Gasteiger charge is -2.19. The summed E-state index contributed by atoms with van der Waals surface area (Å²) in [5.74, 6) is 1.19. The zero-order valence-electron chi connectivity index (χ0n) is 19.5. The lowest BCUT2D eigenvalue weighted by molar-refractivity contribution is -0.116. The van der Waals surface area contributed by atoms with Gasteiger partial charge in [-0.1, -0.05) is 79.1 Å². The van der Waals surface area contributed by atoms with Gasteiger partial charge in [-0.05, 0) is 25.3 Å². The lowest BCUT2D eigenvalue weighted by Crippen LogP contribution is -2.31. The van der Waals surface area contributed by atoms with Crippen LogP contribution in [0.25, 0.3) is 0 Å². The van der Waals surface area contributed by atoms with Crippen molar-refractivity contribution in [3.8, 4) is 0 Å². The Labute approximate surface area is 207 Å². The zero-order chi connectivity index (χ0) is 23.9. The quantitative estimate of drug-likeness (QED) is 0.316. The van der Waals surface area contributed by atoms with Gasteiger partial charge in [-0.25, -0.2) is 14.8 Å². The minimum Gasteiger partial charge on any atom is -0.462 e. The van der Waals surface area contributed by atoms with Gasteiger partial charge in [0.05, 0.1) is 24.6 Å². The number of esters is 1. The van der Waals surface area contributed by atoms with E-state index in [9.17, 15) is 9.59 Å². The van der Waals surface area contributed by atoms with Crippen LogP contribution < -0.4 is 4.90 Å². The second-order valence-corrected chi connectivity index (χ2v) is 10.2. The van der Waals surface area contributed by atoms with Crippen LogP contribution in [0.3, 0.4) is 0 Å². The molecule has 0 aliphatic heterocycles. The Morgan fingerprint density at radius 1 is 1.21 bits per heavy atom. The average molecular weight is 500 g/mol. The number of aromatic amines is 1. The smallest absolute Gasteiger partial charge is 0.350 e. The molecule has 0 bridgehead atoms. The number of ether oxygens (including phenoxy) is 1. The number of aryl methyl sites for hydroxylation is 1. The number of carbonyl (C=O) groups excluding carboxylic acids is 2. The van der Waals surface area contributed by atoms with Crippen LogP contribution in [0.4, 0.5) is 5.13 Å². The molecule has 1 amide bonds. The number of hydrogen-bond acceptors (Lipinski definition) is 8. The van der Waals surface area contributed by atoms with Crippen LogP contribution in [0, 0.1) is 12.8 Å². The van der Waals surface area contributed by atoms with E-state index >= 15 is 0 Å². The summed E-state index contributed by atoms with van der Waals surface area (Å²) < 4.78 is 5.14. The third-order valence-electron chi connectivity index (χ3n) is 5.75. The fourth-order valence-corrected chi connectivity index (χ4v) is 5.71. The standard InChI is InChI=1S/C24H29N5O3S2/c1-3-32-22(31)21-16(2)25-24(34-21)29(14-18-11-5-4-6-12-18)20(30)15-33-23-26-19(27-28-23)13-17-9-7-8-10-17/h4-6,11-12,17H,3,7-10,13-15H2,1-2H3,(H,26,27,28). The molecule has 0 spiro atoms. The second-order valence-electron chi connectivity index (χ2n) is 8.30. The van der Waals surface area contributed by atoms with Gasteiger partial charge < -0.3 is 4.74 Å². The molecule has 3 aromatic rings. The van der Waals surface area contributed by atoms with E-state index in [1.165, 1.54) is 48.8 Å². The van der Waals surface area contributed by atoms with Crippen molar-refractivity contribution in [1.29, 1.82) is 0 Å². The summed E-state index contributed by atoms with van der Waals surface area (Å²) in [6.45, 7) is 4.16. The number of amides is 1. The first-order valence-electron chi connectivity index (χ1n) is 11.6. The van der Waals surface area contributed by atoms with Crippen LogP contribution in [-0.2, 0) is 22.5 Å². The summed E-state index contributed by atoms with van der Waals surface area (Å²) in [7, 11) is 0. The molecule has 34 heavy (non-hydrogen) atoms. The van der Waals surface area contributed by atoms with Gasteiger partial charge in [-0.2, -0.15) is 0 Å². The van der Waals surface area contributed by atoms with Crippen LogP contribution in [-0.4, -0.2) is 44.4 Å². The van der Waals surface area contributed by atoms with E-state index < -0.39 is 5.97 Å². The number of nitrogens with one attached hydrogen (secondary N) is 1. The van der Waals surface area contributed by atoms with Crippen molar-refractivity contribution in [1.82, 2.24) is 20.2 Å². The Morgan fingerprint density at radius 2 is 1.97 bits per heavy atom. The minimum absolute atomic E-state index is 0.125. The van der Waals surface area contributed by atoms with Gasteiger partial charge in [0.1, 0.15) is 10.7 Å². The van der Waals surface area contributed by atoms with Crippen molar-refractivity contribution in [2.24, 2.45) is 5.92 Å². The topological polar surface area (TPSA) is 101 Å². The number of thiazole rings is 1. The fraction of sp³-hybridized carbons (Fsp3) is 0.458. The summed E-state index contributed by atoms with van der Waals surface area (Å²) in [5, 5.41) is 8.37. The molecule has 180 valence electrons. The van der Waals surface area contributed by atoms with Crippen molar-refractivity contribution in [2.45, 2.75) is 57.7 Å². The van der Waals surface area contributed by atoms with Gasteiger partial charge in [0.15, 0.2) is 5.13 Å². The van der Waals surface area contributed by atoms with Crippen LogP contribution in [0.5, 0.6) is 0 Å². The second kappa shape index (κ2) is 11.6. The normalized spacial score (nSPS) is 13.8. The first-order chi connectivity index (χ1) is 16.5. The first kappa shape index (κ1) is 24.4. The minimum atomic E-state index is -0.416. The highest BCUT2D eigenvalue weighted by molar-refractivity contribution is 7.99. The van der Waals surface area contributed by atoms with Crippen molar-refractivity contribution in [3.05, 3.63) is 52.3 Å². The molecule has 2 heterocycles. The molecule has 0 unspecified atom stereocenters. The Kier molecular flexibility index (Phi) is 8.34. The maximum atomic E-state index is 13.3. The summed E-state index contributed by atoms with van der Waals surface area (Å²) in [5.41, 5.74) is 1.53. The number of carbonyl (C=O) groups is 2. The molecular weight excluding hydrogens is 470 g/mol. The van der Waals surface area contributed by atoms with Gasteiger partial charge in [-0.3, -0.25) is 14.8 Å². The van der Waals surface area contributed by atoms with Crippen LogP contribution >= 0.6 is 23.1 Å². The third kappa shape index (κ3) is 6.24. The summed E-state index contributed by atoms with van der Waals surface area (Å²) >= 11 is 2.49. The number of anilines is 1. The van der Waals surface area contributed by atoms with Crippen molar-refractivity contribution in [3.63, 3.8) is 0 Å². The highest BCUT2D eigenvalue weighted by Crippen LogP contribution is 2.30. The highest BCUT2D eigenvalue weighted by atomic mass is 32.2. The Bertz CT molecular complexity index is 1110. The van der Waals surface area contributed by atoms with E-state index in [0.717, 1.165) is 17.8 Å². The number of rotatable bonds is 10. The van der Waals surface area contributed by atoms with E-state index in [0.29, 0.717) is 33.3 Å². The molecule has 2 aromatic heterocycles. The molecule has 1 aromatic carbocycles. The summed E-state index contributed by atoms with van der Waals surface area (Å²) in [6, 6.07) is 9.73. The molecule has 0 radical (unpaired) electrons. The Morgan fingerprint density at radius 3 is 2.71 bits per heavy atom. The number of benzene rings is 1. The molecule has 1 saturated carbocycles. The van der Waals surface area contributed by atoms with E-state index in [2.05, 4.69) is 20.2 Å². The molecule has 0 saturated heterocycles. The van der Waals surface area contributed by atoms with E-state index in [-0.39, 0.29) is 18.3 Å². The molecule has 0 atom stereocenters. The van der Waals surface area contributed by atoms with Crippen molar-refractivity contribution in [2.75, 3.05) is 17.3 Å². The van der Waals surface area contributed by atoms with E-state index in [1.807, 2.05) is 30.3 Å². The first-order valence-corrected chi connectivity index (χ1v) is 13.4. The molecule has 1 fully saturated rings. The Balaban J connectivity index is 1.46. The molecule has 8 nitrogen and oxygen atoms in total. The highest BCUT2D eigenvalue weighted by Gasteiger charge is 2.25. The third-order valence-corrected chi connectivity index (χ3v) is 7.75. The molecule has 4 rings (SSSR count). The predicted octanol–water partition coefficient (Wildman–Crippen LogP) is 4.80. The number of hydrogen-bond donors (Lipinski definition) is 1. The van der Waals surface area contributed by atoms with Gasteiger partial charge >= 0.3 is 5.97 Å². The van der Waals surface area contributed by atoms with E-state index in [1.54, 1.807) is 18.7 Å². The summed E-state index contributed by atoms with van der Waals surface area (Å²) in [6.07, 6.45) is 5.99. The van der Waals surface area contributed by atoms with Crippen LogP contribution in [0.15, 0.2) is 35.5 Å². The van der Waals surface area contributed by atoms with Crippen LogP contribution in [0.1, 0.15) is 59.4 Å². The van der Waals surface area contributed by atoms with Crippen molar-refractivity contribution >= 4 is 40.1 Å². The fourth-order valence-electron chi connectivity index (χ4n) is 4.04. The maximum Gasteiger partial charge on any atom is 0.350 e. The average Bonchev–Trinajstić information content (AvgIpc) is 3.59. The number of H-pyrrole nitrogens is 1. The molecular formula is C24H29N5O3S2. The predicted molar refractivity (Wildman–Crippen MR) is 133 cm³/mol. The lowest BCUT2D eigenvalue weighted by atomic mass is 10.0. The number of thioether (sulfide) groups is 1. The largest absolute Gasteiger partial charge is 0.462 e. The van der Waals surface area contributed by atoms with Crippen molar-refractivity contribution < 1.29 is 14.3 Å². The summed E-state index contributed by atoms with van der Waals surface area (Å²) in [4.78, 5) is 36.7. The van der Waals surface area contributed by atoms with Gasteiger partial charge in [0, 0.05) is 6.42 Å². The maximum absolute atomic E-state index is 13.3. The molecule has 1 aliphatic rings. The molecule has 1 N–H and O–H groups in total. The van der Waals surface area contributed by atoms with Gasteiger partial charge in [0.25, 0.3) is 0 Å². The zero-order valence-corrected chi connectivity index (χ0v) is 21.1. The monoisotopic (exact) mass is 499 g/mol. The Hall–Kier alpha value is -2.72.